The van der Waals surface area contributed by atoms with E-state index in [9.17, 15) is 30.0 Å². The lowest BCUT2D eigenvalue weighted by molar-refractivity contribution is -0.315. The van der Waals surface area contributed by atoms with E-state index >= 15 is 0 Å². The standard InChI is InChI=1S/C23H28O10/c1-11(24)30-10-18-20(27)21(28)22(29)23(33-18)32-14-6-7-15-17(8-14)31-9-16(19(15)26)12-2-4-13(25)5-3-12/h2-5,9,14-15,17-18,20-23,25,27-29H,6-8,10H2,1H3/t14?,15?,17?,18-,20-,21+,22-,23-/m1/s1. The highest BCUT2D eigenvalue weighted by Gasteiger charge is 2.47. The number of fused-ring (bicyclic) bond motifs is 1. The van der Waals surface area contributed by atoms with Crippen LogP contribution in [-0.2, 0) is 28.5 Å². The lowest BCUT2D eigenvalue weighted by Gasteiger charge is -2.43. The van der Waals surface area contributed by atoms with Crippen LogP contribution in [0.2, 0.25) is 0 Å². The van der Waals surface area contributed by atoms with Crippen LogP contribution in [0.5, 0.6) is 5.75 Å². The second kappa shape index (κ2) is 9.78. The fourth-order valence-electron chi connectivity index (χ4n) is 4.49. The number of hydrogen-bond acceptors (Lipinski definition) is 10. The first kappa shape index (κ1) is 23.7. The first-order valence-electron chi connectivity index (χ1n) is 10.9. The minimum absolute atomic E-state index is 0.0377. The molecule has 0 spiro atoms. The number of allylic oxidation sites excluding steroid dienone is 1. The second-order valence-corrected chi connectivity index (χ2v) is 8.61. The summed E-state index contributed by atoms with van der Waals surface area (Å²) in [5, 5.41) is 40.0. The van der Waals surface area contributed by atoms with E-state index in [1.165, 1.54) is 25.3 Å². The molecule has 180 valence electrons. The Morgan fingerprint density at radius 1 is 1.09 bits per heavy atom. The summed E-state index contributed by atoms with van der Waals surface area (Å²) in [7, 11) is 0. The smallest absolute Gasteiger partial charge is 0.302 e. The minimum Gasteiger partial charge on any atom is -0.508 e. The number of phenols is 1. The quantitative estimate of drug-likeness (QED) is 0.447. The summed E-state index contributed by atoms with van der Waals surface area (Å²) in [4.78, 5) is 24.1. The van der Waals surface area contributed by atoms with Crippen molar-refractivity contribution in [2.75, 3.05) is 6.61 Å². The van der Waals surface area contributed by atoms with E-state index in [0.29, 0.717) is 30.4 Å². The van der Waals surface area contributed by atoms with Crippen LogP contribution >= 0.6 is 0 Å². The molecule has 0 aromatic heterocycles. The molecule has 1 aliphatic carbocycles. The van der Waals surface area contributed by atoms with Crippen molar-refractivity contribution < 1.29 is 49.0 Å². The molecule has 10 heteroatoms. The van der Waals surface area contributed by atoms with E-state index in [1.807, 2.05) is 0 Å². The van der Waals surface area contributed by atoms with E-state index in [4.69, 9.17) is 18.9 Å². The Bertz CT molecular complexity index is 897. The van der Waals surface area contributed by atoms with E-state index in [0.717, 1.165) is 0 Å². The highest BCUT2D eigenvalue weighted by molar-refractivity contribution is 6.22. The van der Waals surface area contributed by atoms with Gasteiger partial charge < -0.3 is 39.4 Å². The van der Waals surface area contributed by atoms with Gasteiger partial charge in [-0.1, -0.05) is 12.1 Å². The number of aromatic hydroxyl groups is 1. The van der Waals surface area contributed by atoms with Crippen molar-refractivity contribution in [2.24, 2.45) is 5.92 Å². The number of esters is 1. The minimum atomic E-state index is -1.54. The highest BCUT2D eigenvalue weighted by Crippen LogP contribution is 2.38. The molecule has 10 nitrogen and oxygen atoms in total. The number of phenolic OH excluding ortho intramolecular Hbond substituents is 1. The fraction of sp³-hybridized carbons (Fsp3) is 0.565. The molecule has 0 bridgehead atoms. The SMILES string of the molecule is CC(=O)OC[C@H]1O[C@@H](OC2CCC3C(=O)C(c4ccc(O)cc4)=COC3C2)[C@H](O)[C@@H](O)[C@@H]1O. The van der Waals surface area contributed by atoms with Crippen LogP contribution < -0.4 is 0 Å². The summed E-state index contributed by atoms with van der Waals surface area (Å²) < 4.78 is 22.2. The Labute approximate surface area is 190 Å². The van der Waals surface area contributed by atoms with Gasteiger partial charge in [0.25, 0.3) is 0 Å². The molecule has 1 saturated heterocycles. The molecule has 4 rings (SSSR count). The van der Waals surface area contributed by atoms with Gasteiger partial charge in [-0.25, -0.2) is 0 Å². The van der Waals surface area contributed by atoms with Crippen molar-refractivity contribution >= 4 is 17.3 Å². The van der Waals surface area contributed by atoms with Crippen molar-refractivity contribution in [1.29, 1.82) is 0 Å². The lowest BCUT2D eigenvalue weighted by Crippen LogP contribution is -2.60. The van der Waals surface area contributed by atoms with Gasteiger partial charge in [0.05, 0.1) is 23.9 Å². The number of aliphatic hydroxyl groups is 3. The monoisotopic (exact) mass is 464 g/mol. The molecule has 1 saturated carbocycles. The first-order valence-corrected chi connectivity index (χ1v) is 10.9. The Hall–Kier alpha value is -2.50. The summed E-state index contributed by atoms with van der Waals surface area (Å²) in [6.45, 7) is 0.915. The Morgan fingerprint density at radius 3 is 2.52 bits per heavy atom. The maximum Gasteiger partial charge on any atom is 0.302 e. The van der Waals surface area contributed by atoms with Gasteiger partial charge in [0.2, 0.25) is 0 Å². The molecule has 4 N–H and O–H groups in total. The molecule has 0 radical (unpaired) electrons. The van der Waals surface area contributed by atoms with E-state index in [1.54, 1.807) is 12.1 Å². The van der Waals surface area contributed by atoms with Crippen molar-refractivity contribution in [3.63, 3.8) is 0 Å². The summed E-state index contributed by atoms with van der Waals surface area (Å²) in [5.41, 5.74) is 1.12. The Kier molecular flexibility index (Phi) is 7.01. The summed E-state index contributed by atoms with van der Waals surface area (Å²) in [6, 6.07) is 6.34. The fourth-order valence-corrected chi connectivity index (χ4v) is 4.49. The third kappa shape index (κ3) is 5.04. The van der Waals surface area contributed by atoms with Crippen LogP contribution in [0.25, 0.3) is 5.57 Å². The molecule has 0 amide bonds. The molecular weight excluding hydrogens is 436 g/mol. The van der Waals surface area contributed by atoms with Gasteiger partial charge in [-0.3, -0.25) is 9.59 Å². The van der Waals surface area contributed by atoms with Crippen molar-refractivity contribution in [3.8, 4) is 5.75 Å². The van der Waals surface area contributed by atoms with Crippen molar-refractivity contribution in [1.82, 2.24) is 0 Å². The van der Waals surface area contributed by atoms with Crippen molar-refractivity contribution in [3.05, 3.63) is 36.1 Å². The van der Waals surface area contributed by atoms with Crippen LogP contribution in [0.4, 0.5) is 0 Å². The van der Waals surface area contributed by atoms with Crippen LogP contribution in [0.3, 0.4) is 0 Å². The number of Topliss-reactive ketones (excluding diaryl/α,β-unsaturated/α-hetero) is 1. The number of aliphatic hydroxyl groups excluding tert-OH is 3. The molecule has 3 aliphatic rings. The van der Waals surface area contributed by atoms with Crippen LogP contribution in [0.15, 0.2) is 30.5 Å². The third-order valence-electron chi connectivity index (χ3n) is 6.33. The second-order valence-electron chi connectivity index (χ2n) is 8.61. The molecule has 1 aromatic carbocycles. The number of carbonyl (C=O) groups is 2. The van der Waals surface area contributed by atoms with E-state index in [2.05, 4.69) is 0 Å². The zero-order valence-corrected chi connectivity index (χ0v) is 18.1. The topological polar surface area (TPSA) is 152 Å². The van der Waals surface area contributed by atoms with E-state index in [-0.39, 0.29) is 24.1 Å². The van der Waals surface area contributed by atoms with Gasteiger partial charge in [-0.2, -0.15) is 0 Å². The molecular formula is C23H28O10. The molecule has 2 fully saturated rings. The van der Waals surface area contributed by atoms with Crippen LogP contribution in [0, 0.1) is 5.92 Å². The number of rotatable bonds is 5. The molecule has 1 aromatic rings. The van der Waals surface area contributed by atoms with E-state index < -0.39 is 48.9 Å². The summed E-state index contributed by atoms with van der Waals surface area (Å²) in [6.07, 6.45) is -4.82. The number of benzene rings is 1. The number of ketones is 1. The van der Waals surface area contributed by atoms with Crippen LogP contribution in [-0.4, -0.2) is 81.7 Å². The average Bonchev–Trinajstić information content (AvgIpc) is 2.79. The Morgan fingerprint density at radius 2 is 1.82 bits per heavy atom. The molecule has 8 atom stereocenters. The van der Waals surface area contributed by atoms with Gasteiger partial charge in [0, 0.05) is 13.3 Å². The van der Waals surface area contributed by atoms with Crippen molar-refractivity contribution in [2.45, 2.75) is 69.1 Å². The van der Waals surface area contributed by atoms with Gasteiger partial charge in [-0.15, -0.1) is 0 Å². The molecule has 3 unspecified atom stereocenters. The van der Waals surface area contributed by atoms with Gasteiger partial charge in [0.15, 0.2) is 12.1 Å². The number of carbonyl (C=O) groups excluding carboxylic acids is 2. The number of hydrogen-bond donors (Lipinski definition) is 4. The maximum absolute atomic E-state index is 13.0. The van der Waals surface area contributed by atoms with Gasteiger partial charge in [-0.05, 0) is 30.5 Å². The highest BCUT2D eigenvalue weighted by atomic mass is 16.7. The predicted molar refractivity (Wildman–Crippen MR) is 111 cm³/mol. The average molecular weight is 464 g/mol. The Balaban J connectivity index is 1.39. The normalized spacial score (nSPS) is 36.4. The molecule has 2 heterocycles. The van der Waals surface area contributed by atoms with Gasteiger partial charge >= 0.3 is 5.97 Å². The van der Waals surface area contributed by atoms with Crippen LogP contribution in [0.1, 0.15) is 31.7 Å². The lowest BCUT2D eigenvalue weighted by atomic mass is 9.78. The zero-order valence-electron chi connectivity index (χ0n) is 18.1. The summed E-state index contributed by atoms with van der Waals surface area (Å²) in [5.74, 6) is -0.843. The molecule has 2 aliphatic heterocycles. The first-order chi connectivity index (χ1) is 15.7. The third-order valence-corrected chi connectivity index (χ3v) is 6.33. The maximum atomic E-state index is 13.0. The van der Waals surface area contributed by atoms with Gasteiger partial charge in [0.1, 0.15) is 42.9 Å². The largest absolute Gasteiger partial charge is 0.508 e. The zero-order chi connectivity index (χ0) is 23.7. The number of ether oxygens (including phenoxy) is 4. The predicted octanol–water partition coefficient (Wildman–Crippen LogP) is 0.257. The summed E-state index contributed by atoms with van der Waals surface area (Å²) >= 11 is 0. The molecule has 33 heavy (non-hydrogen) atoms.